The third-order valence-electron chi connectivity index (χ3n) is 7.06. The Morgan fingerprint density at radius 2 is 1.82 bits per heavy atom. The number of nitrogens with zero attached hydrogens (tertiary/aromatic N) is 4. The molecule has 3 aliphatic rings. The highest BCUT2D eigenvalue weighted by Gasteiger charge is 2.40. The van der Waals surface area contributed by atoms with Gasteiger partial charge in [0.2, 0.25) is 5.91 Å². The molecule has 3 heterocycles. The Morgan fingerprint density at radius 1 is 1.03 bits per heavy atom. The molecule has 1 aliphatic carbocycles. The number of benzene rings is 1. The molecule has 33 heavy (non-hydrogen) atoms. The van der Waals surface area contributed by atoms with E-state index in [2.05, 4.69) is 9.88 Å². The molecule has 1 unspecified atom stereocenters. The molecule has 2 amide bonds. The first-order chi connectivity index (χ1) is 16.1. The number of rotatable bonds is 5. The van der Waals surface area contributed by atoms with Crippen molar-refractivity contribution in [3.63, 3.8) is 0 Å². The van der Waals surface area contributed by atoms with Gasteiger partial charge in [-0.2, -0.15) is 0 Å². The van der Waals surface area contributed by atoms with E-state index in [1.54, 1.807) is 18.3 Å². The minimum Gasteiger partial charge on any atom is -0.353 e. The number of anilines is 1. The van der Waals surface area contributed by atoms with Crippen LogP contribution in [-0.4, -0.2) is 58.8 Å². The predicted molar refractivity (Wildman–Crippen MR) is 124 cm³/mol. The lowest BCUT2D eigenvalue weighted by Crippen LogP contribution is -2.49. The van der Waals surface area contributed by atoms with E-state index in [1.807, 2.05) is 28.0 Å². The summed E-state index contributed by atoms with van der Waals surface area (Å²) in [5.41, 5.74) is 2.75. The van der Waals surface area contributed by atoms with Crippen molar-refractivity contribution < 1.29 is 14.0 Å². The molecule has 7 heteroatoms. The maximum Gasteiger partial charge on any atom is 0.251 e. The van der Waals surface area contributed by atoms with Crippen molar-refractivity contribution in [2.45, 2.75) is 44.7 Å². The van der Waals surface area contributed by atoms with Crippen LogP contribution in [0.4, 0.5) is 10.2 Å². The number of pyridine rings is 1. The number of piperazine rings is 1. The monoisotopic (exact) mass is 448 g/mol. The standard InChI is InChI=1S/C26H29FN4O2/c27-20-10-8-19(9-11-20)18-31-23-6-2-1-5-21(23)22(26(31)33)17-25(32)30-15-13-29(14-16-30)24-7-3-4-12-28-24/h3-4,7-12,23H,1-2,5-6,13-18H2. The SMILES string of the molecule is O=C(CC1=C2CCCCC2N(Cc2ccc(F)cc2)C1=O)N1CCN(c2ccccn2)CC1. The van der Waals surface area contributed by atoms with E-state index in [0.717, 1.165) is 55.7 Å². The maximum absolute atomic E-state index is 13.4. The molecule has 2 fully saturated rings. The van der Waals surface area contributed by atoms with Gasteiger partial charge in [-0.15, -0.1) is 0 Å². The number of fused-ring (bicyclic) bond motifs is 1. The molecular formula is C26H29FN4O2. The summed E-state index contributed by atoms with van der Waals surface area (Å²) in [6.07, 6.45) is 5.91. The average molecular weight is 449 g/mol. The molecule has 5 rings (SSSR count). The molecule has 2 aromatic rings. The van der Waals surface area contributed by atoms with E-state index < -0.39 is 0 Å². The fourth-order valence-corrected chi connectivity index (χ4v) is 5.29. The smallest absolute Gasteiger partial charge is 0.251 e. The van der Waals surface area contributed by atoms with Crippen molar-refractivity contribution in [3.05, 3.63) is 71.2 Å². The van der Waals surface area contributed by atoms with Crippen LogP contribution in [-0.2, 0) is 16.1 Å². The highest BCUT2D eigenvalue weighted by atomic mass is 19.1. The molecule has 0 spiro atoms. The van der Waals surface area contributed by atoms with Crippen molar-refractivity contribution in [3.8, 4) is 0 Å². The molecular weight excluding hydrogens is 419 g/mol. The number of amides is 2. The Bertz CT molecular complexity index is 1050. The van der Waals surface area contributed by atoms with Crippen molar-refractivity contribution in [1.82, 2.24) is 14.8 Å². The van der Waals surface area contributed by atoms with E-state index in [4.69, 9.17) is 0 Å². The minimum absolute atomic E-state index is 0.0262. The third kappa shape index (κ3) is 4.49. The number of aromatic nitrogens is 1. The second-order valence-corrected chi connectivity index (χ2v) is 9.06. The Kier molecular flexibility index (Phi) is 6.11. The van der Waals surface area contributed by atoms with Crippen LogP contribution >= 0.6 is 0 Å². The van der Waals surface area contributed by atoms with Gasteiger partial charge in [0, 0.05) is 44.5 Å². The molecule has 1 atom stereocenters. The van der Waals surface area contributed by atoms with Gasteiger partial charge in [-0.3, -0.25) is 9.59 Å². The maximum atomic E-state index is 13.4. The quantitative estimate of drug-likeness (QED) is 0.702. The van der Waals surface area contributed by atoms with Gasteiger partial charge in [-0.1, -0.05) is 24.6 Å². The van der Waals surface area contributed by atoms with Gasteiger partial charge in [-0.05, 0) is 54.7 Å². The number of halogens is 1. The molecule has 0 bridgehead atoms. The van der Waals surface area contributed by atoms with Gasteiger partial charge in [0.25, 0.3) is 5.91 Å². The molecule has 2 aliphatic heterocycles. The minimum atomic E-state index is -0.280. The summed E-state index contributed by atoms with van der Waals surface area (Å²) in [7, 11) is 0. The zero-order valence-electron chi connectivity index (χ0n) is 18.8. The van der Waals surface area contributed by atoms with E-state index in [0.29, 0.717) is 25.2 Å². The van der Waals surface area contributed by atoms with E-state index in [1.165, 1.54) is 12.1 Å². The van der Waals surface area contributed by atoms with Crippen LogP contribution in [0.2, 0.25) is 0 Å². The van der Waals surface area contributed by atoms with E-state index in [9.17, 15) is 14.0 Å². The number of hydrogen-bond donors (Lipinski definition) is 0. The summed E-state index contributed by atoms with van der Waals surface area (Å²) in [5, 5.41) is 0. The van der Waals surface area contributed by atoms with Gasteiger partial charge in [0.1, 0.15) is 11.6 Å². The number of carbonyl (C=O) groups excluding carboxylic acids is 2. The molecule has 1 aromatic heterocycles. The van der Waals surface area contributed by atoms with Crippen LogP contribution in [0.3, 0.4) is 0 Å². The van der Waals surface area contributed by atoms with Crippen LogP contribution in [0.25, 0.3) is 0 Å². The topological polar surface area (TPSA) is 56.8 Å². The zero-order chi connectivity index (χ0) is 22.8. The van der Waals surface area contributed by atoms with Gasteiger partial charge >= 0.3 is 0 Å². The molecule has 1 saturated heterocycles. The summed E-state index contributed by atoms with van der Waals surface area (Å²) in [5.74, 6) is 0.653. The zero-order valence-corrected chi connectivity index (χ0v) is 18.8. The van der Waals surface area contributed by atoms with Gasteiger partial charge < -0.3 is 14.7 Å². The van der Waals surface area contributed by atoms with Crippen LogP contribution in [0, 0.1) is 5.82 Å². The fourth-order valence-electron chi connectivity index (χ4n) is 5.29. The lowest BCUT2D eigenvalue weighted by molar-refractivity contribution is -0.133. The lowest BCUT2D eigenvalue weighted by Gasteiger charge is -2.35. The highest BCUT2D eigenvalue weighted by Crippen LogP contribution is 2.39. The summed E-state index contributed by atoms with van der Waals surface area (Å²) in [4.78, 5) is 36.9. The third-order valence-corrected chi connectivity index (χ3v) is 7.06. The van der Waals surface area contributed by atoms with Gasteiger partial charge in [0.05, 0.1) is 12.5 Å². The van der Waals surface area contributed by atoms with Crippen molar-refractivity contribution >= 4 is 17.6 Å². The highest BCUT2D eigenvalue weighted by molar-refractivity contribution is 6.02. The van der Waals surface area contributed by atoms with Crippen LogP contribution in [0.15, 0.2) is 59.8 Å². The first-order valence-electron chi connectivity index (χ1n) is 11.8. The molecule has 6 nitrogen and oxygen atoms in total. The second-order valence-electron chi connectivity index (χ2n) is 9.06. The van der Waals surface area contributed by atoms with Crippen LogP contribution in [0.5, 0.6) is 0 Å². The Hall–Kier alpha value is -3.22. The Morgan fingerprint density at radius 3 is 2.55 bits per heavy atom. The molecule has 0 N–H and O–H groups in total. The number of hydrogen-bond acceptors (Lipinski definition) is 4. The van der Waals surface area contributed by atoms with E-state index in [-0.39, 0.29) is 30.1 Å². The Balaban J connectivity index is 1.25. The van der Waals surface area contributed by atoms with Gasteiger partial charge in [0.15, 0.2) is 0 Å². The molecule has 1 aromatic carbocycles. The molecule has 172 valence electrons. The summed E-state index contributed by atoms with van der Waals surface area (Å²) < 4.78 is 13.3. The molecule has 0 radical (unpaired) electrons. The largest absolute Gasteiger partial charge is 0.353 e. The summed E-state index contributed by atoms with van der Waals surface area (Å²) in [6, 6.07) is 12.2. The van der Waals surface area contributed by atoms with E-state index >= 15 is 0 Å². The Labute approximate surface area is 193 Å². The van der Waals surface area contributed by atoms with Crippen molar-refractivity contribution in [2.75, 3.05) is 31.1 Å². The summed E-state index contributed by atoms with van der Waals surface area (Å²) in [6.45, 7) is 3.20. The summed E-state index contributed by atoms with van der Waals surface area (Å²) >= 11 is 0. The first kappa shape index (κ1) is 21.6. The van der Waals surface area contributed by atoms with Crippen molar-refractivity contribution in [1.29, 1.82) is 0 Å². The normalized spacial score (nSPS) is 20.9. The van der Waals surface area contributed by atoms with Crippen LogP contribution < -0.4 is 4.90 Å². The van der Waals surface area contributed by atoms with Gasteiger partial charge in [-0.25, -0.2) is 9.37 Å². The van der Waals surface area contributed by atoms with Crippen LogP contribution in [0.1, 0.15) is 37.7 Å². The fraction of sp³-hybridized carbons (Fsp3) is 0.423. The molecule has 1 saturated carbocycles. The predicted octanol–water partition coefficient (Wildman–Crippen LogP) is 3.54. The number of carbonyl (C=O) groups is 2. The average Bonchev–Trinajstić information content (AvgIpc) is 3.12. The van der Waals surface area contributed by atoms with Crippen molar-refractivity contribution in [2.24, 2.45) is 0 Å². The first-order valence-corrected chi connectivity index (χ1v) is 11.8. The second kappa shape index (κ2) is 9.33. The lowest BCUT2D eigenvalue weighted by atomic mass is 9.88.